The van der Waals surface area contributed by atoms with E-state index >= 15 is 0 Å². The second-order valence-electron chi connectivity index (χ2n) is 7.53. The Kier molecular flexibility index (Phi) is 6.52. The molecule has 0 radical (unpaired) electrons. The minimum atomic E-state index is -1.60. The SMILES string of the molecule is O=C(c1ccccc1)c1cc([N+](=O)[O-])ccc1NC(=O)C(Cl)(c1ccccc1)c1ccccc1. The fourth-order valence-electron chi connectivity index (χ4n) is 3.66. The van der Waals surface area contributed by atoms with E-state index in [1.165, 1.54) is 12.1 Å². The molecule has 0 spiro atoms. The van der Waals surface area contributed by atoms with Crippen molar-refractivity contribution in [2.24, 2.45) is 0 Å². The monoisotopic (exact) mass is 470 g/mol. The van der Waals surface area contributed by atoms with Gasteiger partial charge in [-0.15, -0.1) is 0 Å². The van der Waals surface area contributed by atoms with Gasteiger partial charge < -0.3 is 5.32 Å². The van der Waals surface area contributed by atoms with Crippen molar-refractivity contribution >= 4 is 34.7 Å². The second kappa shape index (κ2) is 9.68. The lowest BCUT2D eigenvalue weighted by atomic mass is 9.89. The Morgan fingerprint density at radius 3 is 1.76 bits per heavy atom. The molecule has 4 aromatic rings. The number of hydrogen-bond donors (Lipinski definition) is 1. The standard InChI is InChI=1S/C27H19ClN2O4/c28-27(20-12-6-2-7-13-20,21-14-8-3-9-15-21)26(32)29-24-17-16-22(30(33)34)18-23(24)25(31)19-10-4-1-5-11-19/h1-18H,(H,29,32). The number of amides is 1. The number of non-ortho nitro benzene ring substituents is 1. The van der Waals surface area contributed by atoms with Crippen LogP contribution >= 0.6 is 11.6 Å². The van der Waals surface area contributed by atoms with Crippen LogP contribution in [-0.4, -0.2) is 16.6 Å². The third-order valence-electron chi connectivity index (χ3n) is 5.40. The molecule has 4 rings (SSSR count). The number of nitro benzene ring substituents is 1. The third-order valence-corrected chi connectivity index (χ3v) is 6.01. The van der Waals surface area contributed by atoms with E-state index in [1.807, 2.05) is 12.1 Å². The van der Waals surface area contributed by atoms with Gasteiger partial charge in [-0.25, -0.2) is 0 Å². The topological polar surface area (TPSA) is 89.3 Å². The summed E-state index contributed by atoms with van der Waals surface area (Å²) in [6, 6.07) is 29.8. The van der Waals surface area contributed by atoms with Gasteiger partial charge in [-0.2, -0.15) is 0 Å². The van der Waals surface area contributed by atoms with E-state index in [0.717, 1.165) is 6.07 Å². The zero-order valence-electron chi connectivity index (χ0n) is 17.9. The van der Waals surface area contributed by atoms with E-state index < -0.39 is 21.5 Å². The zero-order chi connectivity index (χ0) is 24.1. The van der Waals surface area contributed by atoms with Gasteiger partial charge in [-0.1, -0.05) is 103 Å². The van der Waals surface area contributed by atoms with Crippen molar-refractivity contribution in [2.75, 3.05) is 5.32 Å². The normalized spacial score (nSPS) is 11.0. The van der Waals surface area contributed by atoms with Crippen molar-refractivity contribution in [1.29, 1.82) is 0 Å². The largest absolute Gasteiger partial charge is 0.323 e. The van der Waals surface area contributed by atoms with E-state index in [1.54, 1.807) is 78.9 Å². The van der Waals surface area contributed by atoms with Gasteiger partial charge in [0.2, 0.25) is 0 Å². The van der Waals surface area contributed by atoms with Crippen molar-refractivity contribution in [1.82, 2.24) is 0 Å². The van der Waals surface area contributed by atoms with Gasteiger partial charge in [0.1, 0.15) is 0 Å². The number of anilines is 1. The molecule has 0 saturated carbocycles. The average molecular weight is 471 g/mol. The van der Waals surface area contributed by atoms with Crippen LogP contribution in [0.1, 0.15) is 27.0 Å². The van der Waals surface area contributed by atoms with Crippen LogP contribution in [-0.2, 0) is 9.67 Å². The maximum absolute atomic E-state index is 13.7. The Labute approximate surface area is 201 Å². The number of nitro groups is 1. The highest BCUT2D eigenvalue weighted by atomic mass is 35.5. The molecule has 0 heterocycles. The summed E-state index contributed by atoms with van der Waals surface area (Å²) in [4.78, 5) is 36.1. The van der Waals surface area contributed by atoms with Gasteiger partial charge in [0.15, 0.2) is 10.7 Å². The van der Waals surface area contributed by atoms with Crippen LogP contribution in [0.5, 0.6) is 0 Å². The summed E-state index contributed by atoms with van der Waals surface area (Å²) in [5, 5.41) is 14.1. The Morgan fingerprint density at radius 1 is 0.765 bits per heavy atom. The fourth-order valence-corrected chi connectivity index (χ4v) is 3.96. The summed E-state index contributed by atoms with van der Waals surface area (Å²) in [6.07, 6.45) is 0. The molecule has 0 aromatic heterocycles. The second-order valence-corrected chi connectivity index (χ2v) is 8.09. The molecule has 7 heteroatoms. The maximum Gasteiger partial charge on any atom is 0.270 e. The van der Waals surface area contributed by atoms with E-state index in [9.17, 15) is 19.7 Å². The summed E-state index contributed by atoms with van der Waals surface area (Å²) in [6.45, 7) is 0. The Hall–Kier alpha value is -4.29. The number of halogens is 1. The zero-order valence-corrected chi connectivity index (χ0v) is 18.6. The molecule has 34 heavy (non-hydrogen) atoms. The van der Waals surface area contributed by atoms with Crippen LogP contribution in [0.4, 0.5) is 11.4 Å². The molecule has 0 aliphatic heterocycles. The predicted octanol–water partition coefficient (Wildman–Crippen LogP) is 5.95. The highest BCUT2D eigenvalue weighted by Gasteiger charge is 2.40. The molecule has 0 atom stereocenters. The van der Waals surface area contributed by atoms with Crippen LogP contribution in [0.2, 0.25) is 0 Å². The minimum Gasteiger partial charge on any atom is -0.323 e. The molecule has 1 N–H and O–H groups in total. The lowest BCUT2D eigenvalue weighted by Gasteiger charge is -2.27. The molecule has 168 valence electrons. The van der Waals surface area contributed by atoms with Crippen molar-refractivity contribution in [3.63, 3.8) is 0 Å². The Balaban J connectivity index is 1.80. The van der Waals surface area contributed by atoms with E-state index in [0.29, 0.717) is 16.7 Å². The lowest BCUT2D eigenvalue weighted by molar-refractivity contribution is -0.384. The van der Waals surface area contributed by atoms with Crippen LogP contribution in [0.25, 0.3) is 0 Å². The van der Waals surface area contributed by atoms with Gasteiger partial charge in [0.05, 0.1) is 16.2 Å². The minimum absolute atomic E-state index is 0.00566. The lowest BCUT2D eigenvalue weighted by Crippen LogP contribution is -2.37. The number of hydrogen-bond acceptors (Lipinski definition) is 4. The molecular formula is C27H19ClN2O4. The Bertz CT molecular complexity index is 1300. The molecule has 4 aromatic carbocycles. The van der Waals surface area contributed by atoms with E-state index in [2.05, 4.69) is 5.32 Å². The molecule has 0 bridgehead atoms. The summed E-state index contributed by atoms with van der Waals surface area (Å²) in [5.74, 6) is -1.05. The molecule has 6 nitrogen and oxygen atoms in total. The first kappa shape index (κ1) is 22.9. The number of carbonyl (C=O) groups excluding carboxylic acids is 2. The number of carbonyl (C=O) groups is 2. The number of nitrogens with one attached hydrogen (secondary N) is 1. The Morgan fingerprint density at radius 2 is 1.26 bits per heavy atom. The van der Waals surface area contributed by atoms with Gasteiger partial charge in [0, 0.05) is 17.7 Å². The molecule has 0 unspecified atom stereocenters. The first-order valence-electron chi connectivity index (χ1n) is 10.4. The first-order chi connectivity index (χ1) is 16.4. The molecule has 0 saturated heterocycles. The van der Waals surface area contributed by atoms with Crippen LogP contribution in [0.15, 0.2) is 109 Å². The van der Waals surface area contributed by atoms with Crippen LogP contribution in [0.3, 0.4) is 0 Å². The van der Waals surface area contributed by atoms with Crippen molar-refractivity contribution in [2.45, 2.75) is 4.87 Å². The quantitative estimate of drug-likeness (QED) is 0.156. The van der Waals surface area contributed by atoms with Gasteiger partial charge in [-0.3, -0.25) is 19.7 Å². The van der Waals surface area contributed by atoms with E-state index in [-0.39, 0.29) is 16.9 Å². The van der Waals surface area contributed by atoms with Gasteiger partial charge in [-0.05, 0) is 17.2 Å². The first-order valence-corrected chi connectivity index (χ1v) is 10.8. The summed E-state index contributed by atoms with van der Waals surface area (Å²) in [7, 11) is 0. The fraction of sp³-hybridized carbons (Fsp3) is 0.0370. The highest BCUT2D eigenvalue weighted by molar-refractivity contribution is 6.39. The van der Waals surface area contributed by atoms with Crippen LogP contribution < -0.4 is 5.32 Å². The number of ketones is 1. The summed E-state index contributed by atoms with van der Waals surface area (Å²) >= 11 is 7.02. The molecule has 0 aliphatic rings. The number of rotatable bonds is 7. The summed E-state index contributed by atoms with van der Waals surface area (Å²) < 4.78 is 0. The number of benzene rings is 4. The smallest absolute Gasteiger partial charge is 0.270 e. The van der Waals surface area contributed by atoms with Crippen molar-refractivity contribution in [3.05, 3.63) is 142 Å². The number of alkyl halides is 1. The number of nitrogens with zero attached hydrogens (tertiary/aromatic N) is 1. The average Bonchev–Trinajstić information content (AvgIpc) is 2.89. The van der Waals surface area contributed by atoms with Gasteiger partial charge in [0.25, 0.3) is 11.6 Å². The van der Waals surface area contributed by atoms with Crippen molar-refractivity contribution < 1.29 is 14.5 Å². The maximum atomic E-state index is 13.7. The molecular weight excluding hydrogens is 452 g/mol. The van der Waals surface area contributed by atoms with Crippen LogP contribution in [0, 0.1) is 10.1 Å². The van der Waals surface area contributed by atoms with Crippen molar-refractivity contribution in [3.8, 4) is 0 Å². The predicted molar refractivity (Wildman–Crippen MR) is 131 cm³/mol. The molecule has 0 fully saturated rings. The van der Waals surface area contributed by atoms with Gasteiger partial charge >= 0.3 is 0 Å². The highest BCUT2D eigenvalue weighted by Crippen LogP contribution is 2.38. The summed E-state index contributed by atoms with van der Waals surface area (Å²) in [5.41, 5.74) is 1.27. The molecule has 1 amide bonds. The molecule has 0 aliphatic carbocycles. The van der Waals surface area contributed by atoms with E-state index in [4.69, 9.17) is 11.6 Å². The third kappa shape index (κ3) is 4.44.